The third-order valence-corrected chi connectivity index (χ3v) is 7.93. The lowest BCUT2D eigenvalue weighted by atomic mass is 10.1. The highest BCUT2D eigenvalue weighted by atomic mass is 32.1. The number of carbonyl (C=O) groups is 1. The monoisotopic (exact) mass is 435 g/mol. The molecule has 0 radical (unpaired) electrons. The van der Waals surface area contributed by atoms with Crippen LogP contribution in [0.2, 0.25) is 0 Å². The number of thiophene rings is 2. The van der Waals surface area contributed by atoms with Crippen LogP contribution in [-0.2, 0) is 11.3 Å². The molecule has 4 heterocycles. The van der Waals surface area contributed by atoms with Gasteiger partial charge in [-0.25, -0.2) is 4.98 Å². The van der Waals surface area contributed by atoms with Gasteiger partial charge in [0.05, 0.1) is 17.8 Å². The molecule has 3 aromatic heterocycles. The van der Waals surface area contributed by atoms with Crippen LogP contribution >= 0.6 is 22.7 Å². The number of aromatic nitrogens is 2. The molecule has 0 aliphatic carbocycles. The summed E-state index contributed by atoms with van der Waals surface area (Å²) in [6.07, 6.45) is 3.48. The van der Waals surface area contributed by atoms with Gasteiger partial charge >= 0.3 is 0 Å². The van der Waals surface area contributed by atoms with Crippen LogP contribution in [0, 0.1) is 6.92 Å². The van der Waals surface area contributed by atoms with E-state index < -0.39 is 0 Å². The van der Waals surface area contributed by atoms with Gasteiger partial charge in [0.2, 0.25) is 5.91 Å². The van der Waals surface area contributed by atoms with Gasteiger partial charge in [0.15, 0.2) is 0 Å². The van der Waals surface area contributed by atoms with Gasteiger partial charge in [0.1, 0.15) is 11.4 Å². The van der Waals surface area contributed by atoms with Crippen LogP contribution in [-0.4, -0.2) is 26.9 Å². The average Bonchev–Trinajstić information content (AvgIpc) is 3.50. The van der Waals surface area contributed by atoms with E-state index in [1.165, 1.54) is 27.1 Å². The molecule has 30 heavy (non-hydrogen) atoms. The molecule has 5 nitrogen and oxygen atoms in total. The van der Waals surface area contributed by atoms with Gasteiger partial charge in [-0.2, -0.15) is 0 Å². The van der Waals surface area contributed by atoms with Crippen LogP contribution in [0.5, 0.6) is 0 Å². The van der Waals surface area contributed by atoms with Gasteiger partial charge in [-0.3, -0.25) is 14.2 Å². The fourth-order valence-electron chi connectivity index (χ4n) is 4.22. The standard InChI is InChI=1S/C23H21N3O2S2/c1-15-20-22(30-21(15)16-7-3-2-4-8-16)24-14-25(23(20)28)13-19(27)26-11-5-9-17(26)18-10-6-12-29-18/h2-4,6-8,10,12,14,17H,5,9,11,13H2,1H3/t17-/m1/s1. The van der Waals surface area contributed by atoms with Crippen molar-refractivity contribution in [1.29, 1.82) is 0 Å². The zero-order valence-electron chi connectivity index (χ0n) is 16.6. The third-order valence-electron chi connectivity index (χ3n) is 5.70. The Labute approximate surface area is 182 Å². The van der Waals surface area contributed by atoms with E-state index in [4.69, 9.17) is 0 Å². The first-order valence-electron chi connectivity index (χ1n) is 10.0. The van der Waals surface area contributed by atoms with Gasteiger partial charge in [0.25, 0.3) is 5.56 Å². The zero-order chi connectivity index (χ0) is 20.7. The summed E-state index contributed by atoms with van der Waals surface area (Å²) in [6, 6.07) is 14.3. The van der Waals surface area contributed by atoms with Crippen LogP contribution in [0.15, 0.2) is 59.0 Å². The number of likely N-dealkylation sites (tertiary alicyclic amines) is 1. The van der Waals surface area contributed by atoms with E-state index in [1.807, 2.05) is 53.6 Å². The number of fused-ring (bicyclic) bond motifs is 1. The smallest absolute Gasteiger partial charge is 0.262 e. The minimum Gasteiger partial charge on any atom is -0.333 e. The van der Waals surface area contributed by atoms with E-state index in [9.17, 15) is 9.59 Å². The van der Waals surface area contributed by atoms with E-state index in [1.54, 1.807) is 11.3 Å². The fourth-order valence-corrected chi connectivity index (χ4v) is 6.23. The average molecular weight is 436 g/mol. The van der Waals surface area contributed by atoms with Crippen LogP contribution in [0.4, 0.5) is 0 Å². The van der Waals surface area contributed by atoms with Crippen molar-refractivity contribution in [2.75, 3.05) is 6.54 Å². The Balaban J connectivity index is 1.47. The number of amides is 1. The summed E-state index contributed by atoms with van der Waals surface area (Å²) in [7, 11) is 0. The van der Waals surface area contributed by atoms with Gasteiger partial charge in [-0.05, 0) is 42.3 Å². The Bertz CT molecular complexity index is 1260. The topological polar surface area (TPSA) is 55.2 Å². The Morgan fingerprint density at radius 1 is 1.20 bits per heavy atom. The SMILES string of the molecule is Cc1c(-c2ccccc2)sc2ncn(CC(=O)N3CCC[C@@H]3c3cccs3)c(=O)c12. The second-order valence-corrected chi connectivity index (χ2v) is 9.52. The van der Waals surface area contributed by atoms with Gasteiger partial charge in [-0.15, -0.1) is 22.7 Å². The maximum Gasteiger partial charge on any atom is 0.262 e. The summed E-state index contributed by atoms with van der Waals surface area (Å²) < 4.78 is 1.46. The predicted octanol–water partition coefficient (Wildman–Crippen LogP) is 4.86. The molecular formula is C23H21N3O2S2. The Morgan fingerprint density at radius 3 is 2.80 bits per heavy atom. The molecule has 1 fully saturated rings. The molecule has 5 rings (SSSR count). The van der Waals surface area contributed by atoms with Crippen molar-refractivity contribution >= 4 is 38.8 Å². The fraction of sp³-hybridized carbons (Fsp3) is 0.261. The van der Waals surface area contributed by atoms with Crippen molar-refractivity contribution in [3.8, 4) is 10.4 Å². The molecule has 7 heteroatoms. The summed E-state index contributed by atoms with van der Waals surface area (Å²) in [6.45, 7) is 2.73. The molecule has 0 N–H and O–H groups in total. The summed E-state index contributed by atoms with van der Waals surface area (Å²) >= 11 is 3.21. The van der Waals surface area contributed by atoms with Crippen LogP contribution in [0.25, 0.3) is 20.7 Å². The normalized spacial score (nSPS) is 16.4. The summed E-state index contributed by atoms with van der Waals surface area (Å²) in [5.41, 5.74) is 1.87. The molecular weight excluding hydrogens is 414 g/mol. The molecule has 0 unspecified atom stereocenters. The van der Waals surface area contributed by atoms with E-state index in [-0.39, 0.29) is 24.1 Å². The minimum absolute atomic E-state index is 0.0229. The number of hydrogen-bond donors (Lipinski definition) is 0. The van der Waals surface area contributed by atoms with Crippen molar-refractivity contribution in [3.63, 3.8) is 0 Å². The highest BCUT2D eigenvalue weighted by Gasteiger charge is 2.30. The predicted molar refractivity (Wildman–Crippen MR) is 122 cm³/mol. The van der Waals surface area contributed by atoms with Gasteiger partial charge < -0.3 is 4.90 Å². The molecule has 0 spiro atoms. The van der Waals surface area contributed by atoms with Gasteiger partial charge in [0, 0.05) is 16.3 Å². The number of carbonyl (C=O) groups excluding carboxylic acids is 1. The van der Waals surface area contributed by atoms with Crippen molar-refractivity contribution in [3.05, 3.63) is 75.0 Å². The van der Waals surface area contributed by atoms with Gasteiger partial charge in [-0.1, -0.05) is 36.4 Å². The van der Waals surface area contributed by atoms with Crippen molar-refractivity contribution in [1.82, 2.24) is 14.5 Å². The quantitative estimate of drug-likeness (QED) is 0.460. The zero-order valence-corrected chi connectivity index (χ0v) is 18.2. The maximum atomic E-state index is 13.2. The lowest BCUT2D eigenvalue weighted by Crippen LogP contribution is -2.36. The summed E-state index contributed by atoms with van der Waals surface area (Å²) in [4.78, 5) is 35.7. The van der Waals surface area contributed by atoms with Crippen molar-refractivity contribution in [2.24, 2.45) is 0 Å². The minimum atomic E-state index is -0.142. The summed E-state index contributed by atoms with van der Waals surface area (Å²) in [5, 5.41) is 2.66. The van der Waals surface area contributed by atoms with Crippen LogP contribution in [0.1, 0.15) is 29.3 Å². The second kappa shape index (κ2) is 7.81. The third kappa shape index (κ3) is 3.28. The Morgan fingerprint density at radius 2 is 2.03 bits per heavy atom. The van der Waals surface area contributed by atoms with Crippen molar-refractivity contribution < 1.29 is 4.79 Å². The molecule has 1 atom stereocenters. The number of rotatable bonds is 4. The Kier molecular flexibility index (Phi) is 5.00. The van der Waals surface area contributed by atoms with Crippen LogP contribution < -0.4 is 5.56 Å². The molecule has 1 aliphatic rings. The Hall–Kier alpha value is -2.77. The lowest BCUT2D eigenvalue weighted by Gasteiger charge is -2.24. The first-order valence-corrected chi connectivity index (χ1v) is 11.7. The largest absolute Gasteiger partial charge is 0.333 e. The molecule has 1 aliphatic heterocycles. The molecule has 1 amide bonds. The van der Waals surface area contributed by atoms with E-state index in [2.05, 4.69) is 11.1 Å². The lowest BCUT2D eigenvalue weighted by molar-refractivity contribution is -0.132. The molecule has 0 saturated carbocycles. The number of hydrogen-bond acceptors (Lipinski definition) is 5. The summed E-state index contributed by atoms with van der Waals surface area (Å²) in [5.74, 6) is -0.0229. The second-order valence-electron chi connectivity index (χ2n) is 7.54. The maximum absolute atomic E-state index is 13.2. The first-order chi connectivity index (χ1) is 14.6. The van der Waals surface area contributed by atoms with E-state index in [0.717, 1.165) is 40.2 Å². The molecule has 4 aromatic rings. The molecule has 0 bridgehead atoms. The number of nitrogens with zero attached hydrogens (tertiary/aromatic N) is 3. The van der Waals surface area contributed by atoms with E-state index in [0.29, 0.717) is 5.39 Å². The van der Waals surface area contributed by atoms with Crippen LogP contribution in [0.3, 0.4) is 0 Å². The van der Waals surface area contributed by atoms with Crippen molar-refractivity contribution in [2.45, 2.75) is 32.4 Å². The molecule has 1 saturated heterocycles. The molecule has 1 aromatic carbocycles. The first kappa shape index (κ1) is 19.2. The highest BCUT2D eigenvalue weighted by Crippen LogP contribution is 2.36. The molecule has 152 valence electrons. The number of benzene rings is 1. The highest BCUT2D eigenvalue weighted by molar-refractivity contribution is 7.22. The number of aryl methyl sites for hydroxylation is 1. The van der Waals surface area contributed by atoms with E-state index >= 15 is 0 Å².